The summed E-state index contributed by atoms with van der Waals surface area (Å²) in [6.45, 7) is 4.24. The van der Waals surface area contributed by atoms with Gasteiger partial charge in [-0.2, -0.15) is 0 Å². The van der Waals surface area contributed by atoms with E-state index in [0.717, 1.165) is 12.8 Å². The maximum Gasteiger partial charge on any atom is 0.220 e. The molecule has 1 atom stereocenters. The predicted molar refractivity (Wildman–Crippen MR) is 62.7 cm³/mol. The Morgan fingerprint density at radius 1 is 1.20 bits per heavy atom. The van der Waals surface area contributed by atoms with Gasteiger partial charge in [0.15, 0.2) is 0 Å². The number of aliphatic hydroxyl groups excluding tert-OH is 1. The molecule has 0 rings (SSSR count). The van der Waals surface area contributed by atoms with E-state index in [1.165, 1.54) is 25.7 Å². The van der Waals surface area contributed by atoms with Crippen molar-refractivity contribution in [1.82, 2.24) is 5.32 Å². The molecule has 1 amide bonds. The second kappa shape index (κ2) is 9.97. The van der Waals surface area contributed by atoms with Crippen molar-refractivity contribution in [3.8, 4) is 0 Å². The Kier molecular flexibility index (Phi) is 9.59. The van der Waals surface area contributed by atoms with Crippen LogP contribution in [0.1, 0.15) is 58.8 Å². The highest BCUT2D eigenvalue weighted by Gasteiger charge is 2.02. The smallest absolute Gasteiger partial charge is 0.220 e. The normalized spacial score (nSPS) is 12.5. The number of carbonyl (C=O) groups is 1. The van der Waals surface area contributed by atoms with Gasteiger partial charge in [-0.3, -0.25) is 4.79 Å². The number of carbonyl (C=O) groups excluding carboxylic acids is 1. The Morgan fingerprint density at radius 2 is 1.80 bits per heavy atom. The van der Waals surface area contributed by atoms with Gasteiger partial charge in [0.05, 0.1) is 6.10 Å². The maximum absolute atomic E-state index is 11.2. The van der Waals surface area contributed by atoms with Gasteiger partial charge < -0.3 is 10.4 Å². The predicted octanol–water partition coefficient (Wildman–Crippen LogP) is 2.23. The summed E-state index contributed by atoms with van der Waals surface area (Å²) in [5, 5.41) is 11.7. The average molecular weight is 215 g/mol. The summed E-state index contributed by atoms with van der Waals surface area (Å²) in [6, 6.07) is 0. The maximum atomic E-state index is 11.2. The van der Waals surface area contributed by atoms with Crippen LogP contribution in [0.5, 0.6) is 0 Å². The molecule has 0 aromatic rings. The Hall–Kier alpha value is -0.570. The van der Waals surface area contributed by atoms with Gasteiger partial charge in [0.2, 0.25) is 5.91 Å². The van der Waals surface area contributed by atoms with E-state index in [0.29, 0.717) is 13.0 Å². The van der Waals surface area contributed by atoms with Crippen molar-refractivity contribution in [1.29, 1.82) is 0 Å². The summed E-state index contributed by atoms with van der Waals surface area (Å²) in [5.74, 6) is 0.0615. The Morgan fingerprint density at radius 3 is 2.40 bits per heavy atom. The molecule has 3 nitrogen and oxygen atoms in total. The van der Waals surface area contributed by atoms with Crippen LogP contribution >= 0.6 is 0 Å². The molecule has 0 aliphatic rings. The van der Waals surface area contributed by atoms with E-state index in [-0.39, 0.29) is 5.91 Å². The van der Waals surface area contributed by atoms with Crippen molar-refractivity contribution in [3.63, 3.8) is 0 Å². The number of amides is 1. The zero-order valence-electron chi connectivity index (χ0n) is 10.1. The molecule has 2 N–H and O–H groups in total. The Balaban J connectivity index is 3.17. The van der Waals surface area contributed by atoms with Crippen molar-refractivity contribution in [2.75, 3.05) is 6.54 Å². The summed E-state index contributed by atoms with van der Waals surface area (Å²) < 4.78 is 0. The summed E-state index contributed by atoms with van der Waals surface area (Å²) in [6.07, 6.45) is 7.33. The molecular weight excluding hydrogens is 190 g/mol. The lowest BCUT2D eigenvalue weighted by atomic mass is 10.1. The molecule has 3 heteroatoms. The molecular formula is C12H25NO2. The zero-order valence-corrected chi connectivity index (χ0v) is 10.1. The molecule has 0 spiro atoms. The van der Waals surface area contributed by atoms with E-state index in [4.69, 9.17) is 5.11 Å². The van der Waals surface area contributed by atoms with E-state index in [2.05, 4.69) is 12.2 Å². The van der Waals surface area contributed by atoms with Gasteiger partial charge in [-0.1, -0.05) is 39.0 Å². The van der Waals surface area contributed by atoms with E-state index in [1.54, 1.807) is 6.92 Å². The average Bonchev–Trinajstić information content (AvgIpc) is 2.20. The lowest BCUT2D eigenvalue weighted by Gasteiger charge is -2.06. The van der Waals surface area contributed by atoms with Crippen LogP contribution in [0.15, 0.2) is 0 Å². The quantitative estimate of drug-likeness (QED) is 0.579. The fraction of sp³-hybridized carbons (Fsp3) is 0.917. The van der Waals surface area contributed by atoms with Crippen molar-refractivity contribution >= 4 is 5.91 Å². The monoisotopic (exact) mass is 215 g/mol. The first-order valence-electron chi connectivity index (χ1n) is 6.11. The van der Waals surface area contributed by atoms with Crippen molar-refractivity contribution in [2.24, 2.45) is 0 Å². The van der Waals surface area contributed by atoms with Gasteiger partial charge >= 0.3 is 0 Å². The molecule has 0 heterocycles. The summed E-state index contributed by atoms with van der Waals surface area (Å²) >= 11 is 0. The van der Waals surface area contributed by atoms with Crippen molar-refractivity contribution < 1.29 is 9.90 Å². The molecule has 0 saturated heterocycles. The van der Waals surface area contributed by atoms with Crippen LogP contribution in [0.2, 0.25) is 0 Å². The molecule has 0 aromatic carbocycles. The van der Waals surface area contributed by atoms with Gasteiger partial charge in [0, 0.05) is 13.0 Å². The van der Waals surface area contributed by atoms with E-state index >= 15 is 0 Å². The first-order chi connectivity index (χ1) is 7.16. The molecule has 90 valence electrons. The van der Waals surface area contributed by atoms with Crippen molar-refractivity contribution in [3.05, 3.63) is 0 Å². The lowest BCUT2D eigenvalue weighted by Crippen LogP contribution is -2.30. The molecule has 0 aliphatic carbocycles. The fourth-order valence-corrected chi connectivity index (χ4v) is 1.42. The first kappa shape index (κ1) is 14.4. The molecule has 0 bridgehead atoms. The van der Waals surface area contributed by atoms with E-state index in [9.17, 15) is 4.79 Å². The highest BCUT2D eigenvalue weighted by molar-refractivity contribution is 5.75. The Labute approximate surface area is 93.3 Å². The van der Waals surface area contributed by atoms with Crippen LogP contribution in [0.3, 0.4) is 0 Å². The lowest BCUT2D eigenvalue weighted by molar-refractivity contribution is -0.121. The first-order valence-corrected chi connectivity index (χ1v) is 6.11. The van der Waals surface area contributed by atoms with Crippen LogP contribution in [0.4, 0.5) is 0 Å². The minimum Gasteiger partial charge on any atom is -0.392 e. The molecule has 0 aromatic heterocycles. The molecule has 15 heavy (non-hydrogen) atoms. The second-order valence-corrected chi connectivity index (χ2v) is 4.17. The third-order valence-electron chi connectivity index (χ3n) is 2.35. The topological polar surface area (TPSA) is 49.3 Å². The molecule has 0 aliphatic heterocycles. The SMILES string of the molecule is CCCCCCCCC(=O)NC[C@H](C)O. The van der Waals surface area contributed by atoms with Gasteiger partial charge in [-0.05, 0) is 13.3 Å². The van der Waals surface area contributed by atoms with Gasteiger partial charge in [-0.25, -0.2) is 0 Å². The number of rotatable bonds is 9. The number of unbranched alkanes of at least 4 members (excludes halogenated alkanes) is 5. The summed E-state index contributed by atoms with van der Waals surface area (Å²) in [4.78, 5) is 11.2. The number of nitrogens with one attached hydrogen (secondary N) is 1. The summed E-state index contributed by atoms with van der Waals surface area (Å²) in [5.41, 5.74) is 0. The largest absolute Gasteiger partial charge is 0.392 e. The van der Waals surface area contributed by atoms with Gasteiger partial charge in [0.25, 0.3) is 0 Å². The standard InChI is InChI=1S/C12H25NO2/c1-3-4-5-6-7-8-9-12(15)13-10-11(2)14/h11,14H,3-10H2,1-2H3,(H,13,15)/t11-/m0/s1. The number of aliphatic hydroxyl groups is 1. The highest BCUT2D eigenvalue weighted by Crippen LogP contribution is 2.06. The summed E-state index contributed by atoms with van der Waals surface area (Å²) in [7, 11) is 0. The molecule has 0 saturated carbocycles. The fourth-order valence-electron chi connectivity index (χ4n) is 1.42. The highest BCUT2D eigenvalue weighted by atomic mass is 16.3. The second-order valence-electron chi connectivity index (χ2n) is 4.17. The van der Waals surface area contributed by atoms with Crippen LogP contribution in [-0.2, 0) is 4.79 Å². The zero-order chi connectivity index (χ0) is 11.5. The third-order valence-corrected chi connectivity index (χ3v) is 2.35. The molecule has 0 radical (unpaired) electrons. The number of hydrogen-bond acceptors (Lipinski definition) is 2. The Bertz CT molecular complexity index is 158. The van der Waals surface area contributed by atoms with Crippen LogP contribution in [0, 0.1) is 0 Å². The van der Waals surface area contributed by atoms with Gasteiger partial charge in [0.1, 0.15) is 0 Å². The van der Waals surface area contributed by atoms with Gasteiger partial charge in [-0.15, -0.1) is 0 Å². The van der Waals surface area contributed by atoms with Crippen LogP contribution in [0.25, 0.3) is 0 Å². The molecule has 0 unspecified atom stereocenters. The molecule has 0 fully saturated rings. The van der Waals surface area contributed by atoms with Crippen LogP contribution in [-0.4, -0.2) is 23.7 Å². The van der Waals surface area contributed by atoms with Crippen molar-refractivity contribution in [2.45, 2.75) is 64.9 Å². The van der Waals surface area contributed by atoms with E-state index < -0.39 is 6.10 Å². The third kappa shape index (κ3) is 11.4. The van der Waals surface area contributed by atoms with Crippen LogP contribution < -0.4 is 5.32 Å². The minimum atomic E-state index is -0.446. The minimum absolute atomic E-state index is 0.0615. The number of hydrogen-bond donors (Lipinski definition) is 2. The van der Waals surface area contributed by atoms with E-state index in [1.807, 2.05) is 0 Å².